The summed E-state index contributed by atoms with van der Waals surface area (Å²) in [4.78, 5) is 32.9. The van der Waals surface area contributed by atoms with Gasteiger partial charge in [-0.05, 0) is 25.1 Å². The number of nitrogens with one attached hydrogen (secondary N) is 1. The third-order valence-electron chi connectivity index (χ3n) is 5.20. The molecule has 0 spiro atoms. The van der Waals surface area contributed by atoms with Crippen molar-refractivity contribution in [3.05, 3.63) is 46.2 Å². The fourth-order valence-corrected chi connectivity index (χ4v) is 3.93. The molecule has 0 saturated heterocycles. The molecule has 3 heterocycles. The Morgan fingerprint density at radius 3 is 2.97 bits per heavy atom. The zero-order chi connectivity index (χ0) is 20.7. The number of nitrogens with zero attached hydrogens (tertiary/aromatic N) is 4. The number of halogens is 1. The minimum absolute atomic E-state index is 0.0986. The van der Waals surface area contributed by atoms with Crippen molar-refractivity contribution in [2.75, 3.05) is 19.0 Å². The molecule has 1 aromatic carbocycles. The fourth-order valence-electron chi connectivity index (χ4n) is 3.74. The van der Waals surface area contributed by atoms with Crippen LogP contribution in [0.3, 0.4) is 0 Å². The van der Waals surface area contributed by atoms with Gasteiger partial charge in [-0.3, -0.25) is 14.3 Å². The van der Waals surface area contributed by atoms with Crippen LogP contribution in [0, 0.1) is 0 Å². The molecule has 4 rings (SSSR count). The summed E-state index contributed by atoms with van der Waals surface area (Å²) in [5, 5.41) is 18.6. The molecular formula is C19H22ClN5O4. The molecule has 29 heavy (non-hydrogen) atoms. The van der Waals surface area contributed by atoms with Crippen LogP contribution < -0.4 is 5.32 Å². The Bertz CT molecular complexity index is 962. The van der Waals surface area contributed by atoms with Crippen molar-refractivity contribution >= 4 is 29.2 Å². The summed E-state index contributed by atoms with van der Waals surface area (Å²) in [6, 6.07) is 6.57. The van der Waals surface area contributed by atoms with Crippen LogP contribution in [0.5, 0.6) is 0 Å². The van der Waals surface area contributed by atoms with Gasteiger partial charge in [-0.25, -0.2) is 9.86 Å². The van der Waals surface area contributed by atoms with Crippen LogP contribution >= 0.6 is 11.6 Å². The van der Waals surface area contributed by atoms with Crippen molar-refractivity contribution in [1.29, 1.82) is 0 Å². The number of fused-ring (bicyclic) bond motifs is 3. The van der Waals surface area contributed by atoms with Gasteiger partial charge in [-0.15, -0.1) is 0 Å². The molecule has 2 atom stereocenters. The Morgan fingerprint density at radius 2 is 2.24 bits per heavy atom. The molecular weight excluding hydrogens is 398 g/mol. The molecule has 2 aromatic rings. The number of aliphatic hydroxyl groups is 1. The monoisotopic (exact) mass is 419 g/mol. The second kappa shape index (κ2) is 7.66. The number of amides is 3. The fraction of sp³-hybridized carbons (Fsp3) is 0.421. The summed E-state index contributed by atoms with van der Waals surface area (Å²) in [7, 11) is 1.51. The van der Waals surface area contributed by atoms with Gasteiger partial charge in [0.25, 0.3) is 5.91 Å². The number of carbonyl (C=O) groups excluding carboxylic acids is 2. The maximum atomic E-state index is 12.9. The quantitative estimate of drug-likeness (QED) is 0.774. The Hall–Kier alpha value is -2.62. The molecule has 1 aromatic heterocycles. The van der Waals surface area contributed by atoms with E-state index >= 15 is 0 Å². The molecule has 10 heteroatoms. The summed E-state index contributed by atoms with van der Waals surface area (Å²) in [6.45, 7) is 2.23. The molecule has 9 nitrogen and oxygen atoms in total. The lowest BCUT2D eigenvalue weighted by molar-refractivity contribution is -0.159. The normalized spacial score (nSPS) is 21.4. The Kier molecular flexibility index (Phi) is 5.20. The average Bonchev–Trinajstić information content (AvgIpc) is 2.96. The van der Waals surface area contributed by atoms with E-state index in [1.54, 1.807) is 33.8 Å². The highest BCUT2D eigenvalue weighted by Gasteiger charge is 2.37. The van der Waals surface area contributed by atoms with Crippen LogP contribution in [0.4, 0.5) is 10.5 Å². The van der Waals surface area contributed by atoms with Crippen LogP contribution in [0.2, 0.25) is 5.02 Å². The highest BCUT2D eigenvalue weighted by atomic mass is 35.5. The number of aromatic nitrogens is 2. The van der Waals surface area contributed by atoms with Gasteiger partial charge in [-0.2, -0.15) is 5.10 Å². The molecule has 2 aliphatic heterocycles. The molecule has 0 bridgehead atoms. The number of hydroxylamine groups is 2. The van der Waals surface area contributed by atoms with Gasteiger partial charge >= 0.3 is 6.03 Å². The molecule has 3 amide bonds. The molecule has 0 saturated carbocycles. The summed E-state index contributed by atoms with van der Waals surface area (Å²) in [5.74, 6) is -0.348. The summed E-state index contributed by atoms with van der Waals surface area (Å²) >= 11 is 6.00. The Morgan fingerprint density at radius 1 is 1.45 bits per heavy atom. The van der Waals surface area contributed by atoms with E-state index in [9.17, 15) is 14.7 Å². The van der Waals surface area contributed by atoms with E-state index < -0.39 is 6.10 Å². The maximum absolute atomic E-state index is 12.9. The van der Waals surface area contributed by atoms with Crippen molar-refractivity contribution < 1.29 is 19.5 Å². The van der Waals surface area contributed by atoms with Gasteiger partial charge in [-0.1, -0.05) is 17.7 Å². The molecule has 0 fully saturated rings. The van der Waals surface area contributed by atoms with Crippen molar-refractivity contribution in [3.8, 4) is 0 Å². The van der Waals surface area contributed by atoms with Crippen LogP contribution in [0.15, 0.2) is 24.3 Å². The van der Waals surface area contributed by atoms with Gasteiger partial charge < -0.3 is 15.3 Å². The van der Waals surface area contributed by atoms with Gasteiger partial charge in [0.2, 0.25) is 0 Å². The van der Waals surface area contributed by atoms with E-state index in [2.05, 4.69) is 10.4 Å². The molecule has 154 valence electrons. The van der Waals surface area contributed by atoms with E-state index in [1.807, 2.05) is 6.92 Å². The highest BCUT2D eigenvalue weighted by molar-refractivity contribution is 6.30. The Balaban J connectivity index is 1.62. The van der Waals surface area contributed by atoms with Crippen LogP contribution in [0.1, 0.15) is 28.7 Å². The largest absolute Gasteiger partial charge is 0.393 e. The maximum Gasteiger partial charge on any atom is 0.322 e. The van der Waals surface area contributed by atoms with E-state index in [0.717, 1.165) is 10.8 Å². The number of hydrogen-bond donors (Lipinski definition) is 2. The molecule has 2 aliphatic rings. The number of aliphatic hydroxyl groups excluding tert-OH is 1. The minimum Gasteiger partial charge on any atom is -0.393 e. The highest BCUT2D eigenvalue weighted by Crippen LogP contribution is 2.29. The molecule has 2 unspecified atom stereocenters. The number of hydrogen-bond acceptors (Lipinski definition) is 5. The summed E-state index contributed by atoms with van der Waals surface area (Å²) in [6.07, 6.45) is -0.0360. The minimum atomic E-state index is -0.564. The number of urea groups is 1. The van der Waals surface area contributed by atoms with Crippen molar-refractivity contribution in [1.82, 2.24) is 19.7 Å². The van der Waals surface area contributed by atoms with E-state index in [4.69, 9.17) is 16.4 Å². The third-order valence-corrected chi connectivity index (χ3v) is 5.43. The first-order chi connectivity index (χ1) is 13.9. The zero-order valence-electron chi connectivity index (χ0n) is 16.1. The van der Waals surface area contributed by atoms with Crippen LogP contribution in [-0.2, 0) is 24.3 Å². The van der Waals surface area contributed by atoms with Crippen molar-refractivity contribution in [3.63, 3.8) is 0 Å². The SMILES string of the molecule is CC1Cc2nn3c(c2CN1C(=O)Nc1cccc(Cl)c1)C(=O)N(C)OC(CO)C3. The van der Waals surface area contributed by atoms with E-state index in [-0.39, 0.29) is 37.7 Å². The van der Waals surface area contributed by atoms with Gasteiger partial charge in [0, 0.05) is 35.8 Å². The third kappa shape index (κ3) is 3.68. The average molecular weight is 420 g/mol. The van der Waals surface area contributed by atoms with Crippen molar-refractivity contribution in [2.24, 2.45) is 0 Å². The second-order valence-corrected chi connectivity index (χ2v) is 7.73. The summed E-state index contributed by atoms with van der Waals surface area (Å²) in [5.41, 5.74) is 2.50. The lowest BCUT2D eigenvalue weighted by atomic mass is 9.99. The van der Waals surface area contributed by atoms with E-state index in [0.29, 0.717) is 28.4 Å². The van der Waals surface area contributed by atoms with Gasteiger partial charge in [0.05, 0.1) is 25.4 Å². The molecule has 0 aliphatic carbocycles. The van der Waals surface area contributed by atoms with Gasteiger partial charge in [0.15, 0.2) is 0 Å². The predicted octanol–water partition coefficient (Wildman–Crippen LogP) is 1.89. The lowest BCUT2D eigenvalue weighted by Crippen LogP contribution is -2.45. The molecule has 2 N–H and O–H groups in total. The topological polar surface area (TPSA) is 99.9 Å². The zero-order valence-corrected chi connectivity index (χ0v) is 16.9. The first kappa shape index (κ1) is 19.7. The first-order valence-corrected chi connectivity index (χ1v) is 9.72. The van der Waals surface area contributed by atoms with E-state index in [1.165, 1.54) is 7.05 Å². The van der Waals surface area contributed by atoms with Crippen LogP contribution in [0.25, 0.3) is 0 Å². The van der Waals surface area contributed by atoms with Crippen LogP contribution in [-0.4, -0.2) is 62.6 Å². The Labute approximate surface area is 172 Å². The van der Waals surface area contributed by atoms with Gasteiger partial charge in [0.1, 0.15) is 11.8 Å². The summed E-state index contributed by atoms with van der Waals surface area (Å²) < 4.78 is 1.59. The smallest absolute Gasteiger partial charge is 0.322 e. The number of carbonyl (C=O) groups is 2. The second-order valence-electron chi connectivity index (χ2n) is 7.29. The predicted molar refractivity (Wildman–Crippen MR) is 105 cm³/mol. The first-order valence-electron chi connectivity index (χ1n) is 9.34. The molecule has 0 radical (unpaired) electrons. The van der Waals surface area contributed by atoms with Crippen molar-refractivity contribution in [2.45, 2.75) is 38.6 Å². The lowest BCUT2D eigenvalue weighted by Gasteiger charge is -2.33. The standard InChI is InChI=1S/C19H22ClN5O4/c1-11-6-16-15(9-24(11)19(28)21-13-5-3-4-12(20)7-13)17-18(27)23(2)29-14(10-26)8-25(17)22-16/h3-5,7,11,14,26H,6,8-10H2,1-2H3,(H,21,28). The number of anilines is 1. The number of rotatable bonds is 2. The number of benzene rings is 1.